The van der Waals surface area contributed by atoms with Gasteiger partial charge in [0.25, 0.3) is 0 Å². The maximum atomic E-state index is 12.6. The quantitative estimate of drug-likeness (QED) is 0.559. The van der Waals surface area contributed by atoms with Crippen molar-refractivity contribution < 1.29 is 4.79 Å². The summed E-state index contributed by atoms with van der Waals surface area (Å²) in [5.74, 6) is 0. The molecule has 1 N–H and O–H groups in total. The van der Waals surface area contributed by atoms with E-state index in [9.17, 15) is 4.79 Å². The van der Waals surface area contributed by atoms with Gasteiger partial charge in [-0.25, -0.2) is 9.78 Å². The lowest BCUT2D eigenvalue weighted by Gasteiger charge is -2.17. The highest BCUT2D eigenvalue weighted by Crippen LogP contribution is 2.24. The van der Waals surface area contributed by atoms with E-state index < -0.39 is 0 Å². The van der Waals surface area contributed by atoms with Gasteiger partial charge < -0.3 is 10.2 Å². The van der Waals surface area contributed by atoms with Crippen LogP contribution in [0, 0.1) is 0 Å². The van der Waals surface area contributed by atoms with Gasteiger partial charge >= 0.3 is 6.03 Å². The summed E-state index contributed by atoms with van der Waals surface area (Å²) in [5.41, 5.74) is 1.80. The molecule has 4 nitrogen and oxygen atoms in total. The number of nitrogens with one attached hydrogen (secondary N) is 1. The fourth-order valence-electron chi connectivity index (χ4n) is 2.81. The SMILES string of the molecule is CN(Cc1nc2ccccc2s1)C(=O)Nc1cccc2ccccc12. The molecule has 0 aliphatic heterocycles. The maximum Gasteiger partial charge on any atom is 0.321 e. The highest BCUT2D eigenvalue weighted by atomic mass is 32.1. The minimum atomic E-state index is -0.143. The van der Waals surface area contributed by atoms with Gasteiger partial charge in [-0.15, -0.1) is 11.3 Å². The average molecular weight is 347 g/mol. The predicted molar refractivity (Wildman–Crippen MR) is 104 cm³/mol. The summed E-state index contributed by atoms with van der Waals surface area (Å²) in [6, 6.07) is 21.8. The zero-order valence-electron chi connectivity index (χ0n) is 13.8. The highest BCUT2D eigenvalue weighted by molar-refractivity contribution is 7.18. The lowest BCUT2D eigenvalue weighted by Crippen LogP contribution is -2.30. The number of hydrogen-bond acceptors (Lipinski definition) is 3. The number of urea groups is 1. The van der Waals surface area contributed by atoms with Crippen molar-refractivity contribution in [2.75, 3.05) is 12.4 Å². The first-order chi connectivity index (χ1) is 12.2. The molecule has 0 radical (unpaired) electrons. The molecule has 0 saturated carbocycles. The molecule has 1 aromatic heterocycles. The summed E-state index contributed by atoms with van der Waals surface area (Å²) in [6.45, 7) is 0.482. The molecule has 1 heterocycles. The van der Waals surface area contributed by atoms with Crippen LogP contribution in [0.3, 0.4) is 0 Å². The number of hydrogen-bond donors (Lipinski definition) is 1. The number of benzene rings is 3. The van der Waals surface area contributed by atoms with Gasteiger partial charge in [-0.05, 0) is 23.6 Å². The first-order valence-electron chi connectivity index (χ1n) is 8.05. The van der Waals surface area contributed by atoms with E-state index in [0.29, 0.717) is 6.54 Å². The zero-order chi connectivity index (χ0) is 17.2. The summed E-state index contributed by atoms with van der Waals surface area (Å²) in [6.07, 6.45) is 0. The van der Waals surface area contributed by atoms with E-state index in [2.05, 4.69) is 10.3 Å². The van der Waals surface area contributed by atoms with Gasteiger partial charge in [0.2, 0.25) is 0 Å². The highest BCUT2D eigenvalue weighted by Gasteiger charge is 2.13. The third-order valence-electron chi connectivity index (χ3n) is 4.09. The number of carbonyl (C=O) groups is 1. The summed E-state index contributed by atoms with van der Waals surface area (Å²) >= 11 is 1.62. The van der Waals surface area contributed by atoms with Crippen LogP contribution >= 0.6 is 11.3 Å². The zero-order valence-corrected chi connectivity index (χ0v) is 14.6. The second kappa shape index (κ2) is 6.53. The number of carbonyl (C=O) groups excluding carboxylic acids is 1. The Labute approximate surface area is 149 Å². The van der Waals surface area contributed by atoms with Gasteiger partial charge in [0, 0.05) is 12.4 Å². The molecule has 0 spiro atoms. The lowest BCUT2D eigenvalue weighted by atomic mass is 10.1. The largest absolute Gasteiger partial charge is 0.321 e. The first kappa shape index (κ1) is 15.6. The van der Waals surface area contributed by atoms with Crippen LogP contribution in [0.2, 0.25) is 0 Å². The van der Waals surface area contributed by atoms with E-state index in [1.165, 1.54) is 0 Å². The number of para-hydroxylation sites is 1. The Morgan fingerprint density at radius 2 is 1.80 bits per heavy atom. The number of fused-ring (bicyclic) bond motifs is 2. The maximum absolute atomic E-state index is 12.6. The molecule has 0 fully saturated rings. The molecule has 0 bridgehead atoms. The third-order valence-corrected chi connectivity index (χ3v) is 5.11. The summed E-state index contributed by atoms with van der Waals surface area (Å²) in [4.78, 5) is 18.8. The fourth-order valence-corrected chi connectivity index (χ4v) is 3.83. The van der Waals surface area contributed by atoms with Gasteiger partial charge in [0.1, 0.15) is 5.01 Å². The second-order valence-electron chi connectivity index (χ2n) is 5.89. The topological polar surface area (TPSA) is 45.2 Å². The van der Waals surface area contributed by atoms with E-state index in [1.54, 1.807) is 23.3 Å². The molecule has 124 valence electrons. The van der Waals surface area contributed by atoms with E-state index in [1.807, 2.05) is 66.7 Å². The second-order valence-corrected chi connectivity index (χ2v) is 7.00. The smallest absolute Gasteiger partial charge is 0.321 e. The molecule has 25 heavy (non-hydrogen) atoms. The Hall–Kier alpha value is -2.92. The Morgan fingerprint density at radius 3 is 2.68 bits per heavy atom. The monoisotopic (exact) mass is 347 g/mol. The number of rotatable bonds is 3. The van der Waals surface area contributed by atoms with Crippen LogP contribution in [0.15, 0.2) is 66.7 Å². The molecule has 4 rings (SSSR count). The van der Waals surface area contributed by atoms with E-state index in [-0.39, 0.29) is 6.03 Å². The number of aromatic nitrogens is 1. The van der Waals surface area contributed by atoms with Gasteiger partial charge in [0.15, 0.2) is 0 Å². The normalized spacial score (nSPS) is 10.9. The van der Waals surface area contributed by atoms with Crippen LogP contribution in [-0.2, 0) is 6.54 Å². The molecule has 0 unspecified atom stereocenters. The average Bonchev–Trinajstić information content (AvgIpc) is 3.04. The Kier molecular flexibility index (Phi) is 4.07. The third kappa shape index (κ3) is 3.19. The Morgan fingerprint density at radius 1 is 1.04 bits per heavy atom. The van der Waals surface area contributed by atoms with Gasteiger partial charge in [-0.1, -0.05) is 48.5 Å². The van der Waals surface area contributed by atoms with Crippen LogP contribution < -0.4 is 5.32 Å². The van der Waals surface area contributed by atoms with Crippen LogP contribution in [0.25, 0.3) is 21.0 Å². The number of nitrogens with zero attached hydrogens (tertiary/aromatic N) is 2. The summed E-state index contributed by atoms with van der Waals surface area (Å²) < 4.78 is 1.14. The molecular weight excluding hydrogens is 330 g/mol. The van der Waals surface area contributed by atoms with E-state index in [0.717, 1.165) is 31.7 Å². The fraction of sp³-hybridized carbons (Fsp3) is 0.100. The Balaban J connectivity index is 1.52. The summed E-state index contributed by atoms with van der Waals surface area (Å²) in [5, 5.41) is 6.07. The molecule has 2 amide bonds. The summed E-state index contributed by atoms with van der Waals surface area (Å²) in [7, 11) is 1.78. The molecular formula is C20H17N3OS. The van der Waals surface area contributed by atoms with Crippen LogP contribution in [0.4, 0.5) is 10.5 Å². The molecule has 0 aliphatic rings. The van der Waals surface area contributed by atoms with Crippen molar-refractivity contribution in [3.8, 4) is 0 Å². The van der Waals surface area contributed by atoms with Crippen molar-refractivity contribution in [1.82, 2.24) is 9.88 Å². The predicted octanol–water partition coefficient (Wildman–Crippen LogP) is 5.11. The number of amides is 2. The molecule has 0 saturated heterocycles. The molecule has 0 aliphatic carbocycles. The van der Waals surface area contributed by atoms with Gasteiger partial charge in [-0.2, -0.15) is 0 Å². The van der Waals surface area contributed by atoms with Crippen LogP contribution in [0.1, 0.15) is 5.01 Å². The van der Waals surface area contributed by atoms with E-state index in [4.69, 9.17) is 0 Å². The van der Waals surface area contributed by atoms with Gasteiger partial charge in [-0.3, -0.25) is 0 Å². The molecule has 3 aromatic carbocycles. The van der Waals surface area contributed by atoms with Crippen molar-refractivity contribution in [1.29, 1.82) is 0 Å². The van der Waals surface area contributed by atoms with Crippen LogP contribution in [-0.4, -0.2) is 23.0 Å². The molecule has 4 aromatic rings. The van der Waals surface area contributed by atoms with Crippen molar-refractivity contribution in [3.05, 3.63) is 71.7 Å². The molecule has 0 atom stereocenters. The molecule has 5 heteroatoms. The Bertz CT molecular complexity index is 1020. The number of thiazole rings is 1. The standard InChI is InChI=1S/C20H17N3OS/c1-23(13-19-21-17-10-4-5-12-18(17)25-19)20(24)22-16-11-6-8-14-7-2-3-9-15(14)16/h2-12H,13H2,1H3,(H,22,24). The minimum Gasteiger partial charge on any atom is -0.321 e. The lowest BCUT2D eigenvalue weighted by molar-refractivity contribution is 0.220. The van der Waals surface area contributed by atoms with Crippen molar-refractivity contribution in [2.24, 2.45) is 0 Å². The van der Waals surface area contributed by atoms with Crippen molar-refractivity contribution >= 4 is 44.0 Å². The van der Waals surface area contributed by atoms with Crippen molar-refractivity contribution in [3.63, 3.8) is 0 Å². The minimum absolute atomic E-state index is 0.143. The first-order valence-corrected chi connectivity index (χ1v) is 8.87. The van der Waals surface area contributed by atoms with Crippen LogP contribution in [0.5, 0.6) is 0 Å². The number of anilines is 1. The van der Waals surface area contributed by atoms with Crippen molar-refractivity contribution in [2.45, 2.75) is 6.54 Å². The van der Waals surface area contributed by atoms with Gasteiger partial charge in [0.05, 0.1) is 22.4 Å². The van der Waals surface area contributed by atoms with E-state index >= 15 is 0 Å².